The molecule has 0 saturated heterocycles. The van der Waals surface area contributed by atoms with E-state index in [0.717, 1.165) is 12.1 Å². The van der Waals surface area contributed by atoms with Crippen LogP contribution in [0.2, 0.25) is 0 Å². The number of halogens is 7. The second-order valence-electron chi connectivity index (χ2n) is 5.69. The van der Waals surface area contributed by atoms with Gasteiger partial charge in [0.1, 0.15) is 0 Å². The van der Waals surface area contributed by atoms with Gasteiger partial charge < -0.3 is 4.74 Å². The summed E-state index contributed by atoms with van der Waals surface area (Å²) >= 11 is 0. The molecule has 4 nitrogen and oxygen atoms in total. The van der Waals surface area contributed by atoms with E-state index < -0.39 is 45.9 Å². The SMILES string of the molecule is O=S(=O)(O[C@H](OCc1ccccc1)C(F)(F)C(F)(F)C(F)(F)F)c1ccccc1. The van der Waals surface area contributed by atoms with Crippen LogP contribution in [0.5, 0.6) is 0 Å². The summed E-state index contributed by atoms with van der Waals surface area (Å²) in [5.74, 6) is -12.7. The molecule has 2 rings (SSSR count). The van der Waals surface area contributed by atoms with Crippen molar-refractivity contribution in [2.45, 2.75) is 35.8 Å². The van der Waals surface area contributed by atoms with Gasteiger partial charge in [-0.05, 0) is 17.7 Å². The fourth-order valence-electron chi connectivity index (χ4n) is 2.03. The minimum Gasteiger partial charge on any atom is -0.341 e. The molecule has 0 bridgehead atoms. The Balaban J connectivity index is 2.40. The molecule has 0 unspecified atom stereocenters. The van der Waals surface area contributed by atoms with Crippen molar-refractivity contribution in [3.05, 3.63) is 66.2 Å². The maximum Gasteiger partial charge on any atom is 0.460 e. The molecular formula is C17H13F7O4S. The van der Waals surface area contributed by atoms with Gasteiger partial charge in [0.15, 0.2) is 0 Å². The molecule has 2 aromatic carbocycles. The summed E-state index contributed by atoms with van der Waals surface area (Å²) in [4.78, 5) is -0.737. The molecule has 2 aromatic rings. The summed E-state index contributed by atoms with van der Waals surface area (Å²) in [6, 6.07) is 12.4. The van der Waals surface area contributed by atoms with Crippen LogP contribution >= 0.6 is 0 Å². The van der Waals surface area contributed by atoms with Gasteiger partial charge in [-0.2, -0.15) is 39.2 Å². The molecule has 0 spiro atoms. The van der Waals surface area contributed by atoms with E-state index in [4.69, 9.17) is 0 Å². The van der Waals surface area contributed by atoms with Crippen molar-refractivity contribution < 1.29 is 48.1 Å². The predicted molar refractivity (Wildman–Crippen MR) is 85.7 cm³/mol. The van der Waals surface area contributed by atoms with Gasteiger partial charge in [0.25, 0.3) is 10.1 Å². The van der Waals surface area contributed by atoms with Crippen LogP contribution in [-0.4, -0.2) is 32.7 Å². The molecule has 0 aliphatic rings. The Morgan fingerprint density at radius 3 is 1.76 bits per heavy atom. The maximum absolute atomic E-state index is 14.1. The van der Waals surface area contributed by atoms with E-state index in [2.05, 4.69) is 8.92 Å². The van der Waals surface area contributed by atoms with Crippen molar-refractivity contribution >= 4 is 10.1 Å². The second-order valence-corrected chi connectivity index (χ2v) is 7.26. The zero-order valence-electron chi connectivity index (χ0n) is 14.2. The second kappa shape index (κ2) is 8.28. The Labute approximate surface area is 161 Å². The summed E-state index contributed by atoms with van der Waals surface area (Å²) in [6.07, 6.45) is -10.4. The van der Waals surface area contributed by atoms with Crippen molar-refractivity contribution in [2.24, 2.45) is 0 Å². The fraction of sp³-hybridized carbons (Fsp3) is 0.294. The van der Waals surface area contributed by atoms with Gasteiger partial charge in [-0.15, -0.1) is 0 Å². The van der Waals surface area contributed by atoms with Crippen LogP contribution in [0.4, 0.5) is 30.7 Å². The van der Waals surface area contributed by atoms with Crippen molar-refractivity contribution in [1.29, 1.82) is 0 Å². The number of hydrogen-bond acceptors (Lipinski definition) is 4. The molecule has 0 fully saturated rings. The molecule has 0 aliphatic heterocycles. The number of rotatable bonds is 8. The van der Waals surface area contributed by atoms with E-state index in [1.807, 2.05) is 0 Å². The van der Waals surface area contributed by atoms with E-state index in [9.17, 15) is 39.2 Å². The molecular weight excluding hydrogens is 433 g/mol. The monoisotopic (exact) mass is 446 g/mol. The highest BCUT2D eigenvalue weighted by Crippen LogP contribution is 2.49. The molecule has 0 saturated carbocycles. The minimum atomic E-state index is -6.69. The van der Waals surface area contributed by atoms with Crippen LogP contribution in [0, 0.1) is 0 Å². The van der Waals surface area contributed by atoms with Gasteiger partial charge in [0, 0.05) is 0 Å². The molecule has 0 radical (unpaired) electrons. The van der Waals surface area contributed by atoms with Gasteiger partial charge in [0.2, 0.25) is 6.29 Å². The van der Waals surface area contributed by atoms with Gasteiger partial charge in [-0.25, -0.2) is 4.18 Å². The average molecular weight is 446 g/mol. The summed E-state index contributed by atoms with van der Waals surface area (Å²) in [5.41, 5.74) is 0.101. The van der Waals surface area contributed by atoms with Gasteiger partial charge in [0.05, 0.1) is 11.5 Å². The lowest BCUT2D eigenvalue weighted by Crippen LogP contribution is -2.59. The molecule has 0 amide bonds. The van der Waals surface area contributed by atoms with Crippen LogP contribution in [0.25, 0.3) is 0 Å². The van der Waals surface area contributed by atoms with Gasteiger partial charge >= 0.3 is 18.0 Å². The zero-order chi connectivity index (χ0) is 21.9. The standard InChI is InChI=1S/C17H13F7O4S/c18-15(19,16(20,21)17(22,23)24)14(27-11-12-7-3-1-4-8-12)28-29(25,26)13-9-5-2-6-10-13/h1-10,14H,11H2/t14-/m0/s1. The smallest absolute Gasteiger partial charge is 0.341 e. The first-order valence-corrected chi connectivity index (χ1v) is 9.16. The third-order valence-corrected chi connectivity index (χ3v) is 4.84. The Kier molecular flexibility index (Phi) is 6.60. The molecule has 0 heterocycles. The Hall–Kier alpha value is -2.18. The zero-order valence-corrected chi connectivity index (χ0v) is 15.1. The molecule has 0 aromatic heterocycles. The molecule has 0 aliphatic carbocycles. The van der Waals surface area contributed by atoms with Crippen molar-refractivity contribution in [3.8, 4) is 0 Å². The first-order valence-electron chi connectivity index (χ1n) is 7.75. The summed E-state index contributed by atoms with van der Waals surface area (Å²) in [5, 5.41) is 0. The largest absolute Gasteiger partial charge is 0.460 e. The molecule has 1 atom stereocenters. The average Bonchev–Trinajstić information content (AvgIpc) is 2.65. The van der Waals surface area contributed by atoms with E-state index in [-0.39, 0.29) is 5.56 Å². The Morgan fingerprint density at radius 1 is 0.793 bits per heavy atom. The van der Waals surface area contributed by atoms with E-state index >= 15 is 0 Å². The third kappa shape index (κ3) is 5.06. The Bertz CT molecular complexity index is 900. The quantitative estimate of drug-likeness (QED) is 0.333. The third-order valence-electron chi connectivity index (χ3n) is 3.56. The lowest BCUT2D eigenvalue weighted by Gasteiger charge is -2.33. The normalized spacial score (nSPS) is 14.6. The van der Waals surface area contributed by atoms with Gasteiger partial charge in [-0.1, -0.05) is 48.5 Å². The summed E-state index contributed by atoms with van der Waals surface area (Å²) in [6.45, 7) is -0.917. The molecule has 160 valence electrons. The van der Waals surface area contributed by atoms with Crippen LogP contribution in [0.15, 0.2) is 65.6 Å². The lowest BCUT2D eigenvalue weighted by atomic mass is 10.1. The van der Waals surface area contributed by atoms with Crippen LogP contribution in [-0.2, 0) is 25.6 Å². The summed E-state index contributed by atoms with van der Waals surface area (Å²) in [7, 11) is -5.16. The topological polar surface area (TPSA) is 52.6 Å². The number of alkyl halides is 7. The first-order chi connectivity index (χ1) is 13.3. The number of hydrogen-bond donors (Lipinski definition) is 0. The highest BCUT2D eigenvalue weighted by atomic mass is 32.2. The van der Waals surface area contributed by atoms with Crippen molar-refractivity contribution in [2.75, 3.05) is 0 Å². The molecule has 0 N–H and O–H groups in total. The minimum absolute atomic E-state index is 0.101. The highest BCUT2D eigenvalue weighted by molar-refractivity contribution is 7.86. The van der Waals surface area contributed by atoms with E-state index in [1.165, 1.54) is 48.5 Å². The van der Waals surface area contributed by atoms with Crippen LogP contribution in [0.3, 0.4) is 0 Å². The van der Waals surface area contributed by atoms with E-state index in [1.54, 1.807) is 0 Å². The van der Waals surface area contributed by atoms with Crippen LogP contribution in [0.1, 0.15) is 5.56 Å². The number of ether oxygens (including phenoxy) is 1. The Morgan fingerprint density at radius 2 is 1.28 bits per heavy atom. The fourth-order valence-corrected chi connectivity index (χ4v) is 3.04. The van der Waals surface area contributed by atoms with Crippen molar-refractivity contribution in [1.82, 2.24) is 0 Å². The molecule has 12 heteroatoms. The first kappa shape index (κ1) is 23.1. The van der Waals surface area contributed by atoms with Crippen molar-refractivity contribution in [3.63, 3.8) is 0 Å². The van der Waals surface area contributed by atoms with Crippen LogP contribution < -0.4 is 0 Å². The van der Waals surface area contributed by atoms with E-state index in [0.29, 0.717) is 0 Å². The summed E-state index contributed by atoms with van der Waals surface area (Å²) < 4.78 is 125. The van der Waals surface area contributed by atoms with Gasteiger partial charge in [-0.3, -0.25) is 0 Å². The lowest BCUT2D eigenvalue weighted by molar-refractivity contribution is -0.392. The maximum atomic E-state index is 14.1. The predicted octanol–water partition coefficient (Wildman–Crippen LogP) is 4.77. The highest BCUT2D eigenvalue weighted by Gasteiger charge is 2.77. The molecule has 29 heavy (non-hydrogen) atoms. The number of benzene rings is 2.